The van der Waals surface area contributed by atoms with Gasteiger partial charge in [0, 0.05) is 12.0 Å². The summed E-state index contributed by atoms with van der Waals surface area (Å²) in [7, 11) is 0. The lowest BCUT2D eigenvalue weighted by molar-refractivity contribution is -0.137. The van der Waals surface area contributed by atoms with Crippen LogP contribution in [0.3, 0.4) is 0 Å². The molecule has 25 heavy (non-hydrogen) atoms. The van der Waals surface area contributed by atoms with Crippen LogP contribution in [0.15, 0.2) is 66.0 Å². The molecular weight excluding hydrogens is 316 g/mol. The van der Waals surface area contributed by atoms with Gasteiger partial charge in [0.15, 0.2) is 5.78 Å². The fourth-order valence-electron chi connectivity index (χ4n) is 2.84. The number of benzene rings is 1. The van der Waals surface area contributed by atoms with Crippen molar-refractivity contribution >= 4 is 11.8 Å². The summed E-state index contributed by atoms with van der Waals surface area (Å²) in [6.45, 7) is 0. The van der Waals surface area contributed by atoms with Gasteiger partial charge >= 0.3 is 5.97 Å². The van der Waals surface area contributed by atoms with Gasteiger partial charge in [0.05, 0.1) is 11.7 Å². The molecule has 0 amide bonds. The standard InChI is InChI=1S/C21H24O4/c22-19(14-12-16-8-4-3-5-9-16)18-13-15-20(23)17(18)10-6-1-2-7-11-21(24)25/h3-5,8-10,13-15,18,22H,1-2,6-7,11-12H2,(H,24,25)/b17-10-,19-14+. The molecule has 0 spiro atoms. The van der Waals surface area contributed by atoms with Gasteiger partial charge in [-0.3, -0.25) is 9.59 Å². The molecular formula is C21H24O4. The molecule has 1 aliphatic rings. The number of rotatable bonds is 9. The molecule has 1 aliphatic carbocycles. The van der Waals surface area contributed by atoms with Gasteiger partial charge in [-0.25, -0.2) is 0 Å². The monoisotopic (exact) mass is 340 g/mol. The third-order valence-electron chi connectivity index (χ3n) is 4.23. The summed E-state index contributed by atoms with van der Waals surface area (Å²) in [5, 5.41) is 19.0. The van der Waals surface area contributed by atoms with Gasteiger partial charge in [-0.05, 0) is 43.4 Å². The van der Waals surface area contributed by atoms with Crippen molar-refractivity contribution in [3.8, 4) is 0 Å². The van der Waals surface area contributed by atoms with E-state index >= 15 is 0 Å². The molecule has 2 N–H and O–H groups in total. The number of aliphatic carboxylic acids is 1. The van der Waals surface area contributed by atoms with Crippen LogP contribution in [0, 0.1) is 5.92 Å². The van der Waals surface area contributed by atoms with E-state index in [1.807, 2.05) is 36.4 Å². The van der Waals surface area contributed by atoms with Gasteiger partial charge in [-0.15, -0.1) is 0 Å². The third kappa shape index (κ3) is 6.07. The Hall–Kier alpha value is -2.62. The van der Waals surface area contributed by atoms with Crippen molar-refractivity contribution < 1.29 is 19.8 Å². The highest BCUT2D eigenvalue weighted by molar-refractivity contribution is 6.07. The van der Waals surface area contributed by atoms with Gasteiger partial charge < -0.3 is 10.2 Å². The molecule has 0 bridgehead atoms. The molecule has 0 radical (unpaired) electrons. The lowest BCUT2D eigenvalue weighted by Crippen LogP contribution is -2.06. The summed E-state index contributed by atoms with van der Waals surface area (Å²) in [4.78, 5) is 22.5. The van der Waals surface area contributed by atoms with Crippen LogP contribution in [0.4, 0.5) is 0 Å². The van der Waals surface area contributed by atoms with Crippen LogP contribution in [0.2, 0.25) is 0 Å². The molecule has 0 aromatic heterocycles. The SMILES string of the molecule is O=C(O)CCCCC/C=C1\C(=O)C=CC1/C(O)=C\Cc1ccccc1. The first kappa shape index (κ1) is 18.7. The fraction of sp³-hybridized carbons (Fsp3) is 0.333. The largest absolute Gasteiger partial charge is 0.512 e. The summed E-state index contributed by atoms with van der Waals surface area (Å²) < 4.78 is 0. The van der Waals surface area contributed by atoms with Crippen LogP contribution in [0.1, 0.15) is 37.7 Å². The molecule has 1 atom stereocenters. The van der Waals surface area contributed by atoms with Crippen LogP contribution >= 0.6 is 0 Å². The highest BCUT2D eigenvalue weighted by Crippen LogP contribution is 2.28. The zero-order valence-electron chi connectivity index (χ0n) is 14.2. The number of carbonyl (C=O) groups excluding carboxylic acids is 1. The number of aliphatic hydroxyl groups is 1. The number of carboxylic acids is 1. The molecule has 0 saturated carbocycles. The molecule has 1 aromatic rings. The van der Waals surface area contributed by atoms with E-state index in [-0.39, 0.29) is 23.9 Å². The first-order valence-corrected chi connectivity index (χ1v) is 8.65. The second-order valence-corrected chi connectivity index (χ2v) is 6.17. The maximum Gasteiger partial charge on any atom is 0.303 e. The van der Waals surface area contributed by atoms with Crippen molar-refractivity contribution in [3.05, 3.63) is 71.5 Å². The van der Waals surface area contributed by atoms with Gasteiger partial charge in [-0.2, -0.15) is 0 Å². The van der Waals surface area contributed by atoms with Crippen molar-refractivity contribution in [1.29, 1.82) is 0 Å². The maximum atomic E-state index is 12.0. The number of hydrogen-bond acceptors (Lipinski definition) is 3. The maximum absolute atomic E-state index is 12.0. The zero-order chi connectivity index (χ0) is 18.1. The average Bonchev–Trinajstić information content (AvgIpc) is 2.97. The molecule has 4 heteroatoms. The van der Waals surface area contributed by atoms with Gasteiger partial charge in [0.2, 0.25) is 0 Å². The normalized spacial score (nSPS) is 18.9. The Kier molecular flexibility index (Phi) is 7.20. The highest BCUT2D eigenvalue weighted by Gasteiger charge is 2.25. The Bertz CT molecular complexity index is 683. The molecule has 2 rings (SSSR count). The summed E-state index contributed by atoms with van der Waals surface area (Å²) >= 11 is 0. The predicted molar refractivity (Wildman–Crippen MR) is 97.3 cm³/mol. The lowest BCUT2D eigenvalue weighted by atomic mass is 9.96. The van der Waals surface area contributed by atoms with Gasteiger partial charge in [0.25, 0.3) is 0 Å². The molecule has 0 heterocycles. The Morgan fingerprint density at radius 1 is 1.08 bits per heavy atom. The third-order valence-corrected chi connectivity index (χ3v) is 4.23. The number of ketones is 1. The van der Waals surface area contributed by atoms with Crippen LogP contribution < -0.4 is 0 Å². The van der Waals surface area contributed by atoms with E-state index in [9.17, 15) is 14.7 Å². The topological polar surface area (TPSA) is 74.6 Å². The second-order valence-electron chi connectivity index (χ2n) is 6.17. The van der Waals surface area contributed by atoms with Crippen molar-refractivity contribution in [2.45, 2.75) is 38.5 Å². The summed E-state index contributed by atoms with van der Waals surface area (Å²) in [6, 6.07) is 9.84. The van der Waals surface area contributed by atoms with Crippen LogP contribution in [-0.2, 0) is 16.0 Å². The van der Waals surface area contributed by atoms with E-state index in [0.29, 0.717) is 24.8 Å². The molecule has 1 aromatic carbocycles. The Morgan fingerprint density at radius 3 is 2.56 bits per heavy atom. The van der Waals surface area contributed by atoms with Gasteiger partial charge in [-0.1, -0.05) is 48.9 Å². The summed E-state index contributed by atoms with van der Waals surface area (Å²) in [5.41, 5.74) is 1.71. The smallest absolute Gasteiger partial charge is 0.303 e. The fourth-order valence-corrected chi connectivity index (χ4v) is 2.84. The summed E-state index contributed by atoms with van der Waals surface area (Å²) in [6.07, 6.45) is 10.7. The van der Waals surface area contributed by atoms with E-state index in [4.69, 9.17) is 5.11 Å². The molecule has 4 nitrogen and oxygen atoms in total. The Labute approximate surface area is 148 Å². The molecule has 0 aliphatic heterocycles. The molecule has 0 saturated heterocycles. The van der Waals surface area contributed by atoms with Crippen molar-refractivity contribution in [2.75, 3.05) is 0 Å². The van der Waals surface area contributed by atoms with Gasteiger partial charge in [0.1, 0.15) is 0 Å². The first-order chi connectivity index (χ1) is 12.1. The Morgan fingerprint density at radius 2 is 1.84 bits per heavy atom. The minimum Gasteiger partial charge on any atom is -0.512 e. The minimum absolute atomic E-state index is 0.0600. The van der Waals surface area contributed by atoms with Crippen LogP contribution in [0.25, 0.3) is 0 Å². The van der Waals surface area contributed by atoms with Crippen LogP contribution in [-0.4, -0.2) is 22.0 Å². The number of hydrogen-bond donors (Lipinski definition) is 2. The molecule has 132 valence electrons. The number of unbranched alkanes of at least 4 members (excludes halogenated alkanes) is 3. The predicted octanol–water partition coefficient (Wildman–Crippen LogP) is 4.39. The number of allylic oxidation sites excluding steroid dienone is 4. The van der Waals surface area contributed by atoms with Crippen LogP contribution in [0.5, 0.6) is 0 Å². The van der Waals surface area contributed by atoms with Crippen molar-refractivity contribution in [3.63, 3.8) is 0 Å². The highest BCUT2D eigenvalue weighted by atomic mass is 16.4. The number of aliphatic hydroxyl groups excluding tert-OH is 1. The molecule has 0 fully saturated rings. The van der Waals surface area contributed by atoms with Crippen molar-refractivity contribution in [2.24, 2.45) is 5.92 Å². The average molecular weight is 340 g/mol. The quantitative estimate of drug-likeness (QED) is 0.397. The molecule has 1 unspecified atom stereocenters. The number of carboxylic acid groups (broad SMARTS) is 1. The van der Waals surface area contributed by atoms with Crippen molar-refractivity contribution in [1.82, 2.24) is 0 Å². The van der Waals surface area contributed by atoms with E-state index < -0.39 is 5.97 Å². The Balaban J connectivity index is 1.89. The minimum atomic E-state index is -0.776. The lowest BCUT2D eigenvalue weighted by Gasteiger charge is -2.10. The van der Waals surface area contributed by atoms with E-state index in [1.165, 1.54) is 6.08 Å². The van der Waals surface area contributed by atoms with E-state index in [2.05, 4.69) is 0 Å². The first-order valence-electron chi connectivity index (χ1n) is 8.65. The zero-order valence-corrected chi connectivity index (χ0v) is 14.2. The summed E-state index contributed by atoms with van der Waals surface area (Å²) in [5.74, 6) is -1.00. The number of carbonyl (C=O) groups is 2. The van der Waals surface area contributed by atoms with E-state index in [0.717, 1.165) is 18.4 Å². The van der Waals surface area contributed by atoms with E-state index in [1.54, 1.807) is 12.2 Å². The second kappa shape index (κ2) is 9.62.